The van der Waals surface area contributed by atoms with Gasteiger partial charge in [-0.1, -0.05) is 61.2 Å². The fourth-order valence-corrected chi connectivity index (χ4v) is 5.44. The molecule has 4 rings (SSSR count). The van der Waals surface area contributed by atoms with E-state index in [1.54, 1.807) is 12.1 Å². The molecule has 3 aromatic rings. The smallest absolute Gasteiger partial charge is 0.270 e. The van der Waals surface area contributed by atoms with Crippen molar-refractivity contribution < 1.29 is 14.3 Å². The van der Waals surface area contributed by atoms with Crippen LogP contribution in [0.25, 0.3) is 22.4 Å². The number of hydrogen-bond acceptors (Lipinski definition) is 5. The van der Waals surface area contributed by atoms with Crippen molar-refractivity contribution >= 4 is 34.4 Å². The van der Waals surface area contributed by atoms with Crippen LogP contribution in [-0.4, -0.2) is 53.8 Å². The van der Waals surface area contributed by atoms with E-state index in [1.165, 1.54) is 0 Å². The van der Waals surface area contributed by atoms with Gasteiger partial charge in [-0.2, -0.15) is 0 Å². The average molecular weight is 569 g/mol. The molecule has 1 aliphatic rings. The van der Waals surface area contributed by atoms with Crippen molar-refractivity contribution in [2.75, 3.05) is 27.2 Å². The highest BCUT2D eigenvalue weighted by Crippen LogP contribution is 2.37. The Balaban J connectivity index is 1.73. The fraction of sp³-hybridized carbons (Fsp3) is 0.387. The predicted octanol–water partition coefficient (Wildman–Crippen LogP) is 6.91. The van der Waals surface area contributed by atoms with Crippen molar-refractivity contribution in [1.82, 2.24) is 15.2 Å². The number of aryl methyl sites for hydroxylation is 1. The molecule has 0 radical (unpaired) electrons. The molecular weight excluding hydrogens is 533 g/mol. The number of amides is 1. The Hall–Kier alpha value is -2.93. The second kappa shape index (κ2) is 12.9. The molecule has 1 aliphatic carbocycles. The largest absolute Gasteiger partial charge is 0.492 e. The predicted molar refractivity (Wildman–Crippen MR) is 158 cm³/mol. The minimum atomic E-state index is -1.05. The molecule has 1 saturated carbocycles. The van der Waals surface area contributed by atoms with Crippen LogP contribution in [0.1, 0.15) is 54.6 Å². The Bertz CT molecular complexity index is 1340. The number of ether oxygens (including phenoxy) is 1. The van der Waals surface area contributed by atoms with Gasteiger partial charge in [0.15, 0.2) is 0 Å². The third-order valence-electron chi connectivity index (χ3n) is 7.21. The Kier molecular flexibility index (Phi) is 9.65. The second-order valence-electron chi connectivity index (χ2n) is 10.4. The first-order valence-corrected chi connectivity index (χ1v) is 14.1. The van der Waals surface area contributed by atoms with Gasteiger partial charge in [0.25, 0.3) is 5.91 Å². The molecule has 1 amide bonds. The quantitative estimate of drug-likeness (QED) is 0.213. The molecule has 0 bridgehead atoms. The van der Waals surface area contributed by atoms with E-state index in [2.05, 4.69) is 10.2 Å². The minimum absolute atomic E-state index is 0.216. The van der Waals surface area contributed by atoms with Gasteiger partial charge in [-0.15, -0.1) is 0 Å². The first-order valence-electron chi connectivity index (χ1n) is 13.4. The van der Waals surface area contributed by atoms with Crippen LogP contribution in [0.5, 0.6) is 5.75 Å². The summed E-state index contributed by atoms with van der Waals surface area (Å²) in [4.78, 5) is 32.7. The third kappa shape index (κ3) is 6.99. The highest BCUT2D eigenvalue weighted by molar-refractivity contribution is 6.65. The number of aromatic nitrogens is 1. The summed E-state index contributed by atoms with van der Waals surface area (Å²) in [5, 5.41) is 2.91. The zero-order chi connectivity index (χ0) is 28.0. The van der Waals surface area contributed by atoms with Crippen molar-refractivity contribution in [3.05, 3.63) is 70.9 Å². The summed E-state index contributed by atoms with van der Waals surface area (Å²) < 4.78 is 6.02. The lowest BCUT2D eigenvalue weighted by molar-refractivity contribution is -0.118. The van der Waals surface area contributed by atoms with E-state index in [0.717, 1.165) is 54.5 Å². The highest BCUT2D eigenvalue weighted by Gasteiger charge is 2.40. The zero-order valence-electron chi connectivity index (χ0n) is 22.7. The Morgan fingerprint density at radius 3 is 2.46 bits per heavy atom. The van der Waals surface area contributed by atoms with E-state index in [0.29, 0.717) is 35.9 Å². The summed E-state index contributed by atoms with van der Waals surface area (Å²) in [6, 6.07) is 17.2. The molecule has 39 heavy (non-hydrogen) atoms. The van der Waals surface area contributed by atoms with E-state index >= 15 is 0 Å². The molecule has 1 aromatic heterocycles. The monoisotopic (exact) mass is 567 g/mol. The molecule has 0 unspecified atom stereocenters. The lowest BCUT2D eigenvalue weighted by atomic mass is 9.82. The summed E-state index contributed by atoms with van der Waals surface area (Å²) in [6.07, 6.45) is 4.61. The summed E-state index contributed by atoms with van der Waals surface area (Å²) in [7, 11) is 4.04. The zero-order valence-corrected chi connectivity index (χ0v) is 24.2. The first-order chi connectivity index (χ1) is 18.7. The van der Waals surface area contributed by atoms with E-state index < -0.39 is 16.7 Å². The van der Waals surface area contributed by atoms with Gasteiger partial charge in [0, 0.05) is 17.7 Å². The van der Waals surface area contributed by atoms with Crippen LogP contribution in [0.15, 0.2) is 54.6 Å². The van der Waals surface area contributed by atoms with E-state index in [9.17, 15) is 9.59 Å². The molecule has 6 nitrogen and oxygen atoms in total. The van der Waals surface area contributed by atoms with Crippen LogP contribution >= 0.6 is 23.2 Å². The van der Waals surface area contributed by atoms with E-state index in [-0.39, 0.29) is 5.69 Å². The Morgan fingerprint density at radius 2 is 1.77 bits per heavy atom. The average Bonchev–Trinajstić information content (AvgIpc) is 2.92. The maximum absolute atomic E-state index is 13.4. The van der Waals surface area contributed by atoms with Crippen LogP contribution in [0.3, 0.4) is 0 Å². The SMILES string of the molecule is Cc1ccccc1-c1ccc(C(=O)NC2(C(=O)Cl)CCCCC2)nc1-c1ccc(Cl)c(OCCCN(C)C)c1. The molecule has 0 saturated heterocycles. The lowest BCUT2D eigenvalue weighted by Gasteiger charge is -2.34. The maximum atomic E-state index is 13.4. The van der Waals surface area contributed by atoms with Crippen molar-refractivity contribution in [3.8, 4) is 28.1 Å². The standard InChI is InChI=1S/C31H35Cl2N3O3/c1-21-10-5-6-11-23(21)24-13-15-26(29(37)35-31(30(33)38)16-7-4-8-17-31)34-28(24)22-12-14-25(32)27(20-22)39-19-9-18-36(2)3/h5-6,10-15,20H,4,7-9,16-19H2,1-3H3,(H,35,37). The second-order valence-corrected chi connectivity index (χ2v) is 11.2. The van der Waals surface area contributed by atoms with Gasteiger partial charge in [0.2, 0.25) is 5.24 Å². The molecule has 0 spiro atoms. The number of hydrogen-bond donors (Lipinski definition) is 1. The third-order valence-corrected chi connectivity index (χ3v) is 7.89. The van der Waals surface area contributed by atoms with Gasteiger partial charge in [-0.05, 0) is 87.3 Å². The summed E-state index contributed by atoms with van der Waals surface area (Å²) in [5.41, 5.74) is 3.54. The van der Waals surface area contributed by atoms with Gasteiger partial charge in [0.05, 0.1) is 17.3 Å². The topological polar surface area (TPSA) is 71.5 Å². The maximum Gasteiger partial charge on any atom is 0.270 e. The van der Waals surface area contributed by atoms with Gasteiger partial charge >= 0.3 is 0 Å². The molecule has 206 valence electrons. The molecule has 2 aromatic carbocycles. The number of halogens is 2. The number of pyridine rings is 1. The van der Waals surface area contributed by atoms with Crippen LogP contribution in [0.2, 0.25) is 5.02 Å². The Labute approximate surface area is 240 Å². The van der Waals surface area contributed by atoms with Crippen molar-refractivity contribution in [1.29, 1.82) is 0 Å². The molecule has 0 atom stereocenters. The number of rotatable bonds is 10. The molecular formula is C31H35Cl2N3O3. The minimum Gasteiger partial charge on any atom is -0.492 e. The van der Waals surface area contributed by atoms with Crippen molar-refractivity contribution in [2.45, 2.75) is 51.0 Å². The van der Waals surface area contributed by atoms with Crippen LogP contribution in [0.4, 0.5) is 0 Å². The number of nitrogens with one attached hydrogen (secondary N) is 1. The van der Waals surface area contributed by atoms with Gasteiger partial charge in [-0.3, -0.25) is 9.59 Å². The van der Waals surface area contributed by atoms with Crippen LogP contribution in [-0.2, 0) is 4.79 Å². The molecule has 8 heteroatoms. The van der Waals surface area contributed by atoms with Gasteiger partial charge in [-0.25, -0.2) is 4.98 Å². The summed E-state index contributed by atoms with van der Waals surface area (Å²) in [5.74, 6) is 0.145. The summed E-state index contributed by atoms with van der Waals surface area (Å²) in [6.45, 7) is 3.47. The van der Waals surface area contributed by atoms with Crippen molar-refractivity contribution in [3.63, 3.8) is 0 Å². The van der Waals surface area contributed by atoms with Gasteiger partial charge < -0.3 is 15.0 Å². The fourth-order valence-electron chi connectivity index (χ4n) is 5.03. The normalized spacial score (nSPS) is 14.7. The number of carbonyl (C=O) groups excluding carboxylic acids is 2. The van der Waals surface area contributed by atoms with E-state index in [1.807, 2.05) is 63.5 Å². The number of nitrogens with zero attached hydrogens (tertiary/aromatic N) is 2. The molecule has 1 heterocycles. The molecule has 1 N–H and O–H groups in total. The Morgan fingerprint density at radius 1 is 1.03 bits per heavy atom. The van der Waals surface area contributed by atoms with Crippen LogP contribution < -0.4 is 10.1 Å². The van der Waals surface area contributed by atoms with Gasteiger partial charge in [0.1, 0.15) is 17.0 Å². The van der Waals surface area contributed by atoms with Crippen LogP contribution in [0, 0.1) is 6.92 Å². The summed E-state index contributed by atoms with van der Waals surface area (Å²) >= 11 is 12.5. The van der Waals surface area contributed by atoms with Crippen molar-refractivity contribution in [2.24, 2.45) is 0 Å². The number of carbonyl (C=O) groups is 2. The van der Waals surface area contributed by atoms with E-state index in [4.69, 9.17) is 32.9 Å². The first kappa shape index (κ1) is 29.1. The highest BCUT2D eigenvalue weighted by atomic mass is 35.5. The lowest BCUT2D eigenvalue weighted by Crippen LogP contribution is -2.54. The number of benzene rings is 2. The molecule has 0 aliphatic heterocycles. The molecule has 1 fully saturated rings.